The van der Waals surface area contributed by atoms with Crippen LogP contribution < -0.4 is 5.32 Å². The van der Waals surface area contributed by atoms with Gasteiger partial charge in [0.2, 0.25) is 0 Å². The van der Waals surface area contributed by atoms with E-state index in [-0.39, 0.29) is 0 Å². The number of aromatic nitrogens is 1. The van der Waals surface area contributed by atoms with Crippen molar-refractivity contribution >= 4 is 32.8 Å². The minimum Gasteiger partial charge on any atom is -0.313 e. The van der Waals surface area contributed by atoms with E-state index < -0.39 is 0 Å². The van der Waals surface area contributed by atoms with Crippen LogP contribution in [0.5, 0.6) is 0 Å². The summed E-state index contributed by atoms with van der Waals surface area (Å²) in [5.74, 6) is 0. The van der Waals surface area contributed by atoms with E-state index in [2.05, 4.69) is 56.6 Å². The van der Waals surface area contributed by atoms with E-state index >= 15 is 0 Å². The van der Waals surface area contributed by atoms with Gasteiger partial charge in [0.25, 0.3) is 0 Å². The maximum Gasteiger partial charge on any atom is 0.0719 e. The summed E-state index contributed by atoms with van der Waals surface area (Å²) in [6, 6.07) is 8.30. The zero-order chi connectivity index (χ0) is 11.7. The number of fused-ring (bicyclic) bond motifs is 1. The SMILES string of the molecule is Brc1cccc2ccnc(/C=C3\CCNC3)c12. The van der Waals surface area contributed by atoms with Gasteiger partial charge in [-0.15, -0.1) is 0 Å². The first kappa shape index (κ1) is 10.9. The molecule has 0 saturated carbocycles. The summed E-state index contributed by atoms with van der Waals surface area (Å²) in [7, 11) is 0. The third kappa shape index (κ3) is 2.13. The number of nitrogens with one attached hydrogen (secondary N) is 1. The Morgan fingerprint density at radius 1 is 1.29 bits per heavy atom. The zero-order valence-electron chi connectivity index (χ0n) is 9.41. The second-order valence-electron chi connectivity index (χ2n) is 4.26. The average molecular weight is 289 g/mol. The van der Waals surface area contributed by atoms with E-state index in [0.717, 1.165) is 29.7 Å². The summed E-state index contributed by atoms with van der Waals surface area (Å²) in [5, 5.41) is 5.78. The molecule has 0 atom stereocenters. The molecule has 1 N–H and O–H groups in total. The fraction of sp³-hybridized carbons (Fsp3) is 0.214. The van der Waals surface area contributed by atoms with Gasteiger partial charge in [0.15, 0.2) is 0 Å². The summed E-state index contributed by atoms with van der Waals surface area (Å²) >= 11 is 3.61. The van der Waals surface area contributed by atoms with Crippen molar-refractivity contribution in [3.63, 3.8) is 0 Å². The van der Waals surface area contributed by atoms with Crippen LogP contribution in [0.25, 0.3) is 16.8 Å². The van der Waals surface area contributed by atoms with Crippen LogP contribution in [-0.4, -0.2) is 18.1 Å². The molecular formula is C14H13BrN2. The molecule has 0 aliphatic carbocycles. The molecule has 0 radical (unpaired) electrons. The average Bonchev–Trinajstić information content (AvgIpc) is 2.82. The third-order valence-electron chi connectivity index (χ3n) is 3.09. The third-order valence-corrected chi connectivity index (χ3v) is 3.75. The van der Waals surface area contributed by atoms with Crippen molar-refractivity contribution in [2.45, 2.75) is 6.42 Å². The summed E-state index contributed by atoms with van der Waals surface area (Å²) < 4.78 is 1.11. The van der Waals surface area contributed by atoms with Crippen LogP contribution in [0.3, 0.4) is 0 Å². The molecule has 1 aliphatic rings. The maximum atomic E-state index is 4.50. The Morgan fingerprint density at radius 3 is 3.06 bits per heavy atom. The van der Waals surface area contributed by atoms with Gasteiger partial charge in [-0.25, -0.2) is 0 Å². The lowest BCUT2D eigenvalue weighted by Gasteiger charge is -2.04. The Hall–Kier alpha value is -1.19. The molecule has 0 unspecified atom stereocenters. The first-order valence-electron chi connectivity index (χ1n) is 5.78. The summed E-state index contributed by atoms with van der Waals surface area (Å²) in [6.07, 6.45) is 5.22. The molecule has 3 rings (SSSR count). The Morgan fingerprint density at radius 2 is 2.24 bits per heavy atom. The molecule has 2 heterocycles. The van der Waals surface area contributed by atoms with Crippen LogP contribution in [-0.2, 0) is 0 Å². The lowest BCUT2D eigenvalue weighted by Crippen LogP contribution is -2.04. The second-order valence-corrected chi connectivity index (χ2v) is 5.12. The molecule has 1 aliphatic heterocycles. The minimum absolute atomic E-state index is 0.989. The highest BCUT2D eigenvalue weighted by molar-refractivity contribution is 9.10. The highest BCUT2D eigenvalue weighted by atomic mass is 79.9. The monoisotopic (exact) mass is 288 g/mol. The molecule has 3 heteroatoms. The Balaban J connectivity index is 2.19. The van der Waals surface area contributed by atoms with Gasteiger partial charge in [-0.1, -0.05) is 33.6 Å². The van der Waals surface area contributed by atoms with Crippen molar-refractivity contribution in [2.24, 2.45) is 0 Å². The largest absolute Gasteiger partial charge is 0.313 e. The topological polar surface area (TPSA) is 24.9 Å². The van der Waals surface area contributed by atoms with Crippen molar-refractivity contribution < 1.29 is 0 Å². The van der Waals surface area contributed by atoms with Crippen molar-refractivity contribution in [2.75, 3.05) is 13.1 Å². The molecule has 1 aromatic carbocycles. The number of pyridine rings is 1. The van der Waals surface area contributed by atoms with Crippen molar-refractivity contribution in [3.8, 4) is 0 Å². The number of benzene rings is 1. The van der Waals surface area contributed by atoms with E-state index in [0.29, 0.717) is 0 Å². The van der Waals surface area contributed by atoms with Gasteiger partial charge < -0.3 is 5.32 Å². The summed E-state index contributed by atoms with van der Waals surface area (Å²) in [5.41, 5.74) is 2.49. The van der Waals surface area contributed by atoms with Gasteiger partial charge in [-0.05, 0) is 36.6 Å². The van der Waals surface area contributed by atoms with Crippen LogP contribution in [0.1, 0.15) is 12.1 Å². The number of rotatable bonds is 1. The summed E-state index contributed by atoms with van der Waals surface area (Å²) in [4.78, 5) is 4.50. The summed E-state index contributed by atoms with van der Waals surface area (Å²) in [6.45, 7) is 2.07. The maximum absolute atomic E-state index is 4.50. The van der Waals surface area contributed by atoms with Crippen molar-refractivity contribution in [3.05, 3.63) is 46.2 Å². The van der Waals surface area contributed by atoms with E-state index in [1.54, 1.807) is 0 Å². The lowest BCUT2D eigenvalue weighted by atomic mass is 10.1. The van der Waals surface area contributed by atoms with Gasteiger partial charge in [-0.3, -0.25) is 4.98 Å². The van der Waals surface area contributed by atoms with E-state index in [1.807, 2.05) is 6.20 Å². The predicted octanol–water partition coefficient (Wildman–Crippen LogP) is 3.37. The van der Waals surface area contributed by atoms with Gasteiger partial charge >= 0.3 is 0 Å². The van der Waals surface area contributed by atoms with E-state index in [4.69, 9.17) is 0 Å². The van der Waals surface area contributed by atoms with Crippen LogP contribution in [0.4, 0.5) is 0 Å². The number of halogens is 1. The number of hydrogen-bond acceptors (Lipinski definition) is 2. The Labute approximate surface area is 109 Å². The van der Waals surface area contributed by atoms with Crippen LogP contribution >= 0.6 is 15.9 Å². The minimum atomic E-state index is 0.989. The van der Waals surface area contributed by atoms with E-state index in [9.17, 15) is 0 Å². The molecule has 86 valence electrons. The molecule has 17 heavy (non-hydrogen) atoms. The molecule has 2 aromatic rings. The molecule has 0 spiro atoms. The molecule has 0 amide bonds. The van der Waals surface area contributed by atoms with Gasteiger partial charge in [0.1, 0.15) is 0 Å². The molecular weight excluding hydrogens is 276 g/mol. The molecule has 1 saturated heterocycles. The molecule has 2 nitrogen and oxygen atoms in total. The van der Waals surface area contributed by atoms with E-state index in [1.165, 1.54) is 16.3 Å². The highest BCUT2D eigenvalue weighted by Gasteiger charge is 2.08. The number of nitrogens with zero attached hydrogens (tertiary/aromatic N) is 1. The molecule has 0 bridgehead atoms. The van der Waals surface area contributed by atoms with Gasteiger partial charge in [0.05, 0.1) is 5.69 Å². The smallest absolute Gasteiger partial charge is 0.0719 e. The van der Waals surface area contributed by atoms with Crippen LogP contribution in [0, 0.1) is 0 Å². The van der Waals surface area contributed by atoms with Gasteiger partial charge in [0, 0.05) is 22.6 Å². The standard InChI is InChI=1S/C14H13BrN2/c15-12-3-1-2-11-5-7-17-13(14(11)12)8-10-4-6-16-9-10/h1-3,5,7-8,16H,4,6,9H2/b10-8+. The Kier molecular flexibility index (Phi) is 2.95. The van der Waals surface area contributed by atoms with Crippen LogP contribution in [0.2, 0.25) is 0 Å². The van der Waals surface area contributed by atoms with Crippen LogP contribution in [0.15, 0.2) is 40.5 Å². The fourth-order valence-electron chi connectivity index (χ4n) is 2.22. The Bertz CT molecular complexity index is 577. The van der Waals surface area contributed by atoms with Gasteiger partial charge in [-0.2, -0.15) is 0 Å². The normalized spacial score (nSPS) is 18.1. The van der Waals surface area contributed by atoms with Crippen molar-refractivity contribution in [1.82, 2.24) is 10.3 Å². The quantitative estimate of drug-likeness (QED) is 0.870. The zero-order valence-corrected chi connectivity index (χ0v) is 11.0. The lowest BCUT2D eigenvalue weighted by molar-refractivity contribution is 0.862. The first-order valence-corrected chi connectivity index (χ1v) is 6.57. The molecule has 1 fully saturated rings. The van der Waals surface area contributed by atoms with Crippen molar-refractivity contribution in [1.29, 1.82) is 0 Å². The predicted molar refractivity (Wildman–Crippen MR) is 74.9 cm³/mol. The first-order chi connectivity index (χ1) is 8.34. The fourth-order valence-corrected chi connectivity index (χ4v) is 2.81. The second kappa shape index (κ2) is 4.59. The number of hydrogen-bond donors (Lipinski definition) is 1. The highest BCUT2D eigenvalue weighted by Crippen LogP contribution is 2.27. The molecule has 1 aromatic heterocycles.